The lowest BCUT2D eigenvalue weighted by Crippen LogP contribution is -2.75. The number of amides is 2. The normalized spacial score (nSPS) is 28.9. The number of hydrogen-bond acceptors (Lipinski definition) is 5. The van der Waals surface area contributed by atoms with Crippen LogP contribution in [0.1, 0.15) is 23.9 Å². The van der Waals surface area contributed by atoms with Crippen LogP contribution in [0.5, 0.6) is 0 Å². The van der Waals surface area contributed by atoms with Gasteiger partial charge in [0.15, 0.2) is 0 Å². The Hall–Kier alpha value is -3.52. The van der Waals surface area contributed by atoms with Gasteiger partial charge in [0, 0.05) is 5.69 Å². The van der Waals surface area contributed by atoms with E-state index in [2.05, 4.69) is 15.6 Å². The fraction of sp³-hybridized carbons (Fsp3) is 0.238. The molecule has 8 heteroatoms. The van der Waals surface area contributed by atoms with Gasteiger partial charge in [0.1, 0.15) is 22.8 Å². The van der Waals surface area contributed by atoms with E-state index in [1.807, 2.05) is 18.2 Å². The second-order valence-corrected chi connectivity index (χ2v) is 7.81. The summed E-state index contributed by atoms with van der Waals surface area (Å²) < 4.78 is 1.36. The Kier molecular flexibility index (Phi) is 2.89. The van der Waals surface area contributed by atoms with E-state index >= 15 is 0 Å². The molecular weight excluding hydrogens is 372 g/mol. The van der Waals surface area contributed by atoms with Gasteiger partial charge in [0.2, 0.25) is 11.8 Å². The van der Waals surface area contributed by atoms with Crippen molar-refractivity contribution in [1.82, 2.24) is 14.9 Å². The highest BCUT2D eigenvalue weighted by Gasteiger charge is 2.71. The predicted molar refractivity (Wildman–Crippen MR) is 103 cm³/mol. The van der Waals surface area contributed by atoms with Crippen molar-refractivity contribution in [2.75, 3.05) is 11.9 Å². The quantitative estimate of drug-likeness (QED) is 0.563. The van der Waals surface area contributed by atoms with Crippen LogP contribution in [0.25, 0.3) is 10.9 Å². The van der Waals surface area contributed by atoms with E-state index < -0.39 is 29.5 Å². The number of para-hydroxylation sites is 2. The van der Waals surface area contributed by atoms with E-state index in [1.165, 1.54) is 4.57 Å². The number of piperidine rings is 1. The van der Waals surface area contributed by atoms with Crippen molar-refractivity contribution in [2.45, 2.75) is 23.4 Å². The highest BCUT2D eigenvalue weighted by Crippen LogP contribution is 2.58. The zero-order valence-corrected chi connectivity index (χ0v) is 15.2. The molecule has 5 heterocycles. The molecule has 7 rings (SSSR count). The monoisotopic (exact) mass is 388 g/mol. The van der Waals surface area contributed by atoms with Crippen LogP contribution in [0.3, 0.4) is 0 Å². The molecule has 144 valence electrons. The third-order valence-corrected chi connectivity index (χ3v) is 6.63. The molecule has 0 aliphatic carbocycles. The lowest BCUT2D eigenvalue weighted by atomic mass is 9.57. The molecule has 2 amide bonds. The van der Waals surface area contributed by atoms with Crippen molar-refractivity contribution in [3.63, 3.8) is 0 Å². The summed E-state index contributed by atoms with van der Waals surface area (Å²) >= 11 is 0. The van der Waals surface area contributed by atoms with Gasteiger partial charge in [0.25, 0.3) is 5.56 Å². The average molecular weight is 388 g/mol. The molecule has 1 saturated heterocycles. The average Bonchev–Trinajstić information content (AvgIpc) is 3.01. The summed E-state index contributed by atoms with van der Waals surface area (Å²) in [5.74, 6) is -0.494. The van der Waals surface area contributed by atoms with Gasteiger partial charge in [-0.1, -0.05) is 30.3 Å². The summed E-state index contributed by atoms with van der Waals surface area (Å²) in [6, 6.07) is 13.2. The lowest BCUT2D eigenvalue weighted by Gasteiger charge is -2.56. The molecule has 3 N–H and O–H groups in total. The Bertz CT molecular complexity index is 1320. The van der Waals surface area contributed by atoms with Crippen LogP contribution in [-0.4, -0.2) is 33.1 Å². The molecule has 0 saturated carbocycles. The topological polar surface area (TPSA) is 113 Å². The Morgan fingerprint density at radius 1 is 1.10 bits per heavy atom. The van der Waals surface area contributed by atoms with Crippen molar-refractivity contribution < 1.29 is 14.7 Å². The number of carbonyl (C=O) groups excluding carboxylic acids is 2. The summed E-state index contributed by atoms with van der Waals surface area (Å²) in [6.45, 7) is -0.571. The van der Waals surface area contributed by atoms with Gasteiger partial charge in [-0.25, -0.2) is 4.98 Å². The predicted octanol–water partition coefficient (Wildman–Crippen LogP) is 0.549. The van der Waals surface area contributed by atoms with Crippen molar-refractivity contribution in [3.05, 3.63) is 70.3 Å². The third kappa shape index (κ3) is 1.65. The van der Waals surface area contributed by atoms with E-state index in [-0.39, 0.29) is 23.7 Å². The van der Waals surface area contributed by atoms with Gasteiger partial charge in [-0.2, -0.15) is 0 Å². The first-order valence-corrected chi connectivity index (χ1v) is 9.39. The zero-order valence-electron chi connectivity index (χ0n) is 15.2. The maximum atomic E-state index is 13.3. The molecule has 0 radical (unpaired) electrons. The molecule has 4 aliphatic rings. The fourth-order valence-electron chi connectivity index (χ4n) is 5.34. The van der Waals surface area contributed by atoms with E-state index in [0.29, 0.717) is 22.2 Å². The largest absolute Gasteiger partial charge is 0.393 e. The molecule has 2 bridgehead atoms. The van der Waals surface area contributed by atoms with Gasteiger partial charge in [-0.3, -0.25) is 19.0 Å². The summed E-state index contributed by atoms with van der Waals surface area (Å²) in [4.78, 5) is 44.2. The SMILES string of the molecule is O=C1N[C@@]2(CO)c3nc4ccccc4c(=O)n3[C@@H]1C[C@]21C(=O)Nc2ccccc21. The Morgan fingerprint density at radius 2 is 1.86 bits per heavy atom. The molecular formula is C21H16N4O4. The number of fused-ring (bicyclic) bond motifs is 3. The fourth-order valence-corrected chi connectivity index (χ4v) is 5.34. The third-order valence-electron chi connectivity index (χ3n) is 6.63. The summed E-state index contributed by atoms with van der Waals surface area (Å²) in [6.07, 6.45) is 0.0785. The molecule has 8 nitrogen and oxygen atoms in total. The molecule has 29 heavy (non-hydrogen) atoms. The van der Waals surface area contributed by atoms with E-state index in [1.54, 1.807) is 30.3 Å². The van der Waals surface area contributed by atoms with Crippen LogP contribution < -0.4 is 16.2 Å². The zero-order chi connectivity index (χ0) is 20.0. The minimum atomic E-state index is -1.54. The van der Waals surface area contributed by atoms with Crippen molar-refractivity contribution in [3.8, 4) is 0 Å². The molecule has 4 aliphatic heterocycles. The number of aliphatic hydroxyl groups excluding tert-OH is 1. The molecule has 1 spiro atoms. The minimum Gasteiger partial charge on any atom is -0.393 e. The smallest absolute Gasteiger partial charge is 0.262 e. The van der Waals surface area contributed by atoms with E-state index in [0.717, 1.165) is 0 Å². The maximum absolute atomic E-state index is 13.3. The first-order valence-electron chi connectivity index (χ1n) is 9.39. The van der Waals surface area contributed by atoms with Crippen molar-refractivity contribution in [2.24, 2.45) is 0 Å². The summed E-state index contributed by atoms with van der Waals surface area (Å²) in [5, 5.41) is 16.8. The summed E-state index contributed by atoms with van der Waals surface area (Å²) in [7, 11) is 0. The van der Waals surface area contributed by atoms with Crippen LogP contribution in [0.4, 0.5) is 5.69 Å². The van der Waals surface area contributed by atoms with Crippen molar-refractivity contribution in [1.29, 1.82) is 0 Å². The number of benzene rings is 2. The Balaban J connectivity index is 1.77. The van der Waals surface area contributed by atoms with Gasteiger partial charge in [-0.05, 0) is 30.2 Å². The molecule has 1 fully saturated rings. The number of nitrogens with one attached hydrogen (secondary N) is 2. The lowest BCUT2D eigenvalue weighted by molar-refractivity contribution is -0.146. The van der Waals surface area contributed by atoms with Crippen LogP contribution in [0, 0.1) is 0 Å². The Labute approximate surface area is 164 Å². The highest BCUT2D eigenvalue weighted by atomic mass is 16.3. The molecule has 3 aromatic rings. The standard InChI is InChI=1S/C21H16N4O4/c26-10-21-18-22-13-7-3-1-5-11(13)17(28)25(18)15(16(27)24-21)9-20(21)12-6-2-4-8-14(12)23-19(20)29/h1-8,15,26H,9-10H2,(H,23,29)(H,24,27)/t15-,20+,21+/m1/s1. The van der Waals surface area contributed by atoms with Gasteiger partial charge < -0.3 is 15.7 Å². The number of hydrogen-bond donors (Lipinski definition) is 3. The van der Waals surface area contributed by atoms with Gasteiger partial charge >= 0.3 is 0 Å². The van der Waals surface area contributed by atoms with Crippen molar-refractivity contribution >= 4 is 28.4 Å². The number of aliphatic hydroxyl groups is 1. The molecule has 3 atom stereocenters. The second-order valence-electron chi connectivity index (χ2n) is 7.81. The van der Waals surface area contributed by atoms with Gasteiger partial charge in [-0.15, -0.1) is 0 Å². The number of nitrogens with zero attached hydrogens (tertiary/aromatic N) is 2. The van der Waals surface area contributed by atoms with Gasteiger partial charge in [0.05, 0.1) is 17.5 Å². The Morgan fingerprint density at radius 3 is 2.69 bits per heavy atom. The maximum Gasteiger partial charge on any atom is 0.262 e. The molecule has 2 aromatic carbocycles. The first kappa shape index (κ1) is 16.4. The van der Waals surface area contributed by atoms with E-state index in [4.69, 9.17) is 0 Å². The number of anilines is 1. The number of rotatable bonds is 1. The number of aromatic nitrogens is 2. The number of carbonyl (C=O) groups is 2. The van der Waals surface area contributed by atoms with Crippen LogP contribution in [0.2, 0.25) is 0 Å². The van der Waals surface area contributed by atoms with Crippen LogP contribution in [0.15, 0.2) is 53.3 Å². The molecule has 0 unspecified atom stereocenters. The minimum absolute atomic E-state index is 0.0785. The van der Waals surface area contributed by atoms with Crippen LogP contribution in [-0.2, 0) is 20.5 Å². The summed E-state index contributed by atoms with van der Waals surface area (Å²) in [5.41, 5.74) is -1.35. The van der Waals surface area contributed by atoms with E-state index in [9.17, 15) is 19.5 Å². The van der Waals surface area contributed by atoms with Crippen LogP contribution >= 0.6 is 0 Å². The first-order chi connectivity index (χ1) is 14.0. The molecule has 1 aromatic heterocycles. The second kappa shape index (κ2) is 5.09. The highest BCUT2D eigenvalue weighted by molar-refractivity contribution is 6.09.